The van der Waals surface area contributed by atoms with Crippen LogP contribution in [0.3, 0.4) is 0 Å². The van der Waals surface area contributed by atoms with E-state index in [-0.39, 0.29) is 0 Å². The van der Waals surface area contributed by atoms with Crippen molar-refractivity contribution in [3.63, 3.8) is 0 Å². The van der Waals surface area contributed by atoms with Gasteiger partial charge in [-0.25, -0.2) is 0 Å². The molecule has 2 heterocycles. The van der Waals surface area contributed by atoms with Crippen LogP contribution in [0.4, 0.5) is 5.69 Å². The zero-order valence-electron chi connectivity index (χ0n) is 20.3. The van der Waals surface area contributed by atoms with Crippen LogP contribution in [0.15, 0.2) is 42.5 Å². The van der Waals surface area contributed by atoms with Gasteiger partial charge in [0.1, 0.15) is 0 Å². The Labute approximate surface area is 199 Å². The van der Waals surface area contributed by atoms with Crippen molar-refractivity contribution in [2.45, 2.75) is 39.2 Å². The van der Waals surface area contributed by atoms with Crippen LogP contribution in [-0.2, 0) is 4.79 Å². The molecule has 33 heavy (non-hydrogen) atoms. The van der Waals surface area contributed by atoms with Crippen LogP contribution in [0.25, 0.3) is 11.1 Å². The predicted molar refractivity (Wildman–Crippen MR) is 136 cm³/mol. The summed E-state index contributed by atoms with van der Waals surface area (Å²) in [5.74, 6) is 0.315. The number of carbonyl (C=O) groups excluding carboxylic acids is 1. The van der Waals surface area contributed by atoms with Crippen LogP contribution in [0.1, 0.15) is 30.4 Å². The first-order valence-electron chi connectivity index (χ1n) is 12.7. The lowest BCUT2D eigenvalue weighted by atomic mass is 9.91. The maximum absolute atomic E-state index is 12.9. The summed E-state index contributed by atoms with van der Waals surface area (Å²) in [6.45, 7) is 12.7. The van der Waals surface area contributed by atoms with E-state index in [2.05, 4.69) is 75.9 Å². The molecule has 2 aliphatic heterocycles. The average molecular weight is 447 g/mol. The quantitative estimate of drug-likeness (QED) is 0.699. The summed E-state index contributed by atoms with van der Waals surface area (Å²) in [6.07, 6.45) is 4.09. The highest BCUT2D eigenvalue weighted by atomic mass is 16.2. The molecule has 1 aliphatic carbocycles. The molecule has 5 nitrogen and oxygen atoms in total. The second-order valence-corrected chi connectivity index (χ2v) is 10.1. The lowest BCUT2D eigenvalue weighted by molar-refractivity contribution is -0.134. The Morgan fingerprint density at radius 2 is 1.45 bits per heavy atom. The number of hydrogen-bond acceptors (Lipinski definition) is 4. The van der Waals surface area contributed by atoms with Gasteiger partial charge in [-0.2, -0.15) is 0 Å². The minimum absolute atomic E-state index is 0.315. The number of benzene rings is 2. The molecule has 0 aromatic heterocycles. The fourth-order valence-electron chi connectivity index (χ4n) is 5.65. The van der Waals surface area contributed by atoms with E-state index in [1.54, 1.807) is 0 Å². The van der Waals surface area contributed by atoms with E-state index in [0.717, 1.165) is 58.4 Å². The number of hydrogen-bond donors (Lipinski definition) is 0. The number of rotatable bonds is 5. The van der Waals surface area contributed by atoms with Gasteiger partial charge < -0.3 is 9.80 Å². The third-order valence-corrected chi connectivity index (χ3v) is 7.99. The van der Waals surface area contributed by atoms with E-state index in [1.807, 2.05) is 0 Å². The standard InChI is InChI=1S/C28H38N4O/c1-22-5-3-6-23(2)28(22)24-9-11-26(12-10-24)30-15-13-29(14-16-30)21-27(33)32-19-17-31(18-20-32)25-7-4-8-25/h3,5-6,9-12,25H,4,7-8,13-21H2,1-2H3. The zero-order valence-corrected chi connectivity index (χ0v) is 20.3. The third kappa shape index (κ3) is 4.95. The van der Waals surface area contributed by atoms with E-state index in [9.17, 15) is 4.79 Å². The summed E-state index contributed by atoms with van der Waals surface area (Å²) in [4.78, 5) is 22.3. The van der Waals surface area contributed by atoms with Crippen molar-refractivity contribution in [3.8, 4) is 11.1 Å². The van der Waals surface area contributed by atoms with Crippen LogP contribution in [0.5, 0.6) is 0 Å². The van der Waals surface area contributed by atoms with E-state index in [4.69, 9.17) is 0 Å². The molecule has 0 bridgehead atoms. The molecule has 3 aliphatic rings. The molecule has 0 spiro atoms. The first kappa shape index (κ1) is 22.4. The van der Waals surface area contributed by atoms with Gasteiger partial charge in [-0.15, -0.1) is 0 Å². The SMILES string of the molecule is Cc1cccc(C)c1-c1ccc(N2CCN(CC(=O)N3CCN(C4CCC4)CC3)CC2)cc1. The Morgan fingerprint density at radius 3 is 2.03 bits per heavy atom. The highest BCUT2D eigenvalue weighted by Crippen LogP contribution is 2.29. The van der Waals surface area contributed by atoms with E-state index >= 15 is 0 Å². The Morgan fingerprint density at radius 1 is 0.818 bits per heavy atom. The van der Waals surface area contributed by atoms with Crippen molar-refractivity contribution in [2.75, 3.05) is 63.8 Å². The van der Waals surface area contributed by atoms with Crippen molar-refractivity contribution < 1.29 is 4.79 Å². The number of carbonyl (C=O) groups is 1. The van der Waals surface area contributed by atoms with Gasteiger partial charge in [-0.05, 0) is 61.1 Å². The van der Waals surface area contributed by atoms with Crippen molar-refractivity contribution in [1.82, 2.24) is 14.7 Å². The van der Waals surface area contributed by atoms with Crippen LogP contribution < -0.4 is 4.90 Å². The molecular formula is C28H38N4O. The van der Waals surface area contributed by atoms with Crippen molar-refractivity contribution in [3.05, 3.63) is 53.6 Å². The number of amides is 1. The number of piperazine rings is 2. The minimum Gasteiger partial charge on any atom is -0.369 e. The van der Waals surface area contributed by atoms with Gasteiger partial charge in [0, 0.05) is 64.1 Å². The maximum atomic E-state index is 12.9. The molecule has 1 amide bonds. The van der Waals surface area contributed by atoms with Crippen LogP contribution >= 0.6 is 0 Å². The molecular weight excluding hydrogens is 408 g/mol. The number of anilines is 1. The van der Waals surface area contributed by atoms with Crippen molar-refractivity contribution in [1.29, 1.82) is 0 Å². The largest absolute Gasteiger partial charge is 0.369 e. The fraction of sp³-hybridized carbons (Fsp3) is 0.536. The van der Waals surface area contributed by atoms with E-state index in [1.165, 1.54) is 47.2 Å². The van der Waals surface area contributed by atoms with E-state index in [0.29, 0.717) is 12.5 Å². The van der Waals surface area contributed by atoms with Crippen LogP contribution in [0, 0.1) is 13.8 Å². The molecule has 2 saturated heterocycles. The smallest absolute Gasteiger partial charge is 0.236 e. The maximum Gasteiger partial charge on any atom is 0.236 e. The zero-order chi connectivity index (χ0) is 22.8. The van der Waals surface area contributed by atoms with E-state index < -0.39 is 0 Å². The Bertz CT molecular complexity index is 932. The van der Waals surface area contributed by atoms with Gasteiger partial charge in [0.25, 0.3) is 0 Å². The molecule has 0 atom stereocenters. The molecule has 0 N–H and O–H groups in total. The van der Waals surface area contributed by atoms with Crippen molar-refractivity contribution >= 4 is 11.6 Å². The molecule has 5 heteroatoms. The topological polar surface area (TPSA) is 30.0 Å². The Balaban J connectivity index is 1.10. The average Bonchev–Trinajstić information content (AvgIpc) is 2.79. The molecule has 0 unspecified atom stereocenters. The normalized spacial score (nSPS) is 20.7. The molecule has 1 saturated carbocycles. The van der Waals surface area contributed by atoms with Crippen molar-refractivity contribution in [2.24, 2.45) is 0 Å². The van der Waals surface area contributed by atoms with Crippen LogP contribution in [-0.4, -0.2) is 85.6 Å². The number of nitrogens with zero attached hydrogens (tertiary/aromatic N) is 4. The summed E-state index contributed by atoms with van der Waals surface area (Å²) in [5.41, 5.74) is 6.57. The van der Waals surface area contributed by atoms with Gasteiger partial charge in [-0.1, -0.05) is 36.8 Å². The Kier molecular flexibility index (Phi) is 6.70. The number of aryl methyl sites for hydroxylation is 2. The predicted octanol–water partition coefficient (Wildman–Crippen LogP) is 3.79. The first-order chi connectivity index (χ1) is 16.1. The fourth-order valence-corrected chi connectivity index (χ4v) is 5.65. The molecule has 5 rings (SSSR count). The monoisotopic (exact) mass is 446 g/mol. The summed E-state index contributed by atoms with van der Waals surface area (Å²) in [5, 5.41) is 0. The van der Waals surface area contributed by atoms with Gasteiger partial charge >= 0.3 is 0 Å². The lowest BCUT2D eigenvalue weighted by Crippen LogP contribution is -2.56. The highest BCUT2D eigenvalue weighted by Gasteiger charge is 2.30. The summed E-state index contributed by atoms with van der Waals surface area (Å²) < 4.78 is 0. The van der Waals surface area contributed by atoms with Gasteiger partial charge in [0.2, 0.25) is 5.91 Å². The third-order valence-electron chi connectivity index (χ3n) is 7.99. The summed E-state index contributed by atoms with van der Waals surface area (Å²) >= 11 is 0. The molecule has 0 radical (unpaired) electrons. The molecule has 176 valence electrons. The summed E-state index contributed by atoms with van der Waals surface area (Å²) in [7, 11) is 0. The van der Waals surface area contributed by atoms with Gasteiger partial charge in [-0.3, -0.25) is 14.6 Å². The first-order valence-corrected chi connectivity index (χ1v) is 12.7. The summed E-state index contributed by atoms with van der Waals surface area (Å²) in [6, 6.07) is 16.3. The Hall–Kier alpha value is -2.37. The lowest BCUT2D eigenvalue weighted by Gasteiger charge is -2.43. The molecule has 2 aromatic rings. The molecule has 3 fully saturated rings. The minimum atomic E-state index is 0.315. The van der Waals surface area contributed by atoms with Gasteiger partial charge in [0.15, 0.2) is 0 Å². The highest BCUT2D eigenvalue weighted by molar-refractivity contribution is 5.78. The van der Waals surface area contributed by atoms with Crippen LogP contribution in [0.2, 0.25) is 0 Å². The second-order valence-electron chi connectivity index (χ2n) is 10.1. The molecule has 2 aromatic carbocycles. The second kappa shape index (κ2) is 9.86. The van der Waals surface area contributed by atoms with Gasteiger partial charge in [0.05, 0.1) is 6.54 Å².